The number of hydrogen-bond donors (Lipinski definition) is 3. The number of anilines is 2. The minimum absolute atomic E-state index is 0.0558. The number of nitrogens with one attached hydrogen (secondary N) is 2. The molecule has 39 heavy (non-hydrogen) atoms. The van der Waals surface area contributed by atoms with Crippen LogP contribution in [-0.2, 0) is 4.79 Å². The first-order valence-electron chi connectivity index (χ1n) is 12.6. The zero-order chi connectivity index (χ0) is 27.7. The Labute approximate surface area is 229 Å². The van der Waals surface area contributed by atoms with Crippen molar-refractivity contribution in [3.63, 3.8) is 0 Å². The van der Waals surface area contributed by atoms with E-state index < -0.39 is 17.8 Å². The summed E-state index contributed by atoms with van der Waals surface area (Å²) in [6.07, 6.45) is 3.49. The number of halogens is 2. The van der Waals surface area contributed by atoms with E-state index in [9.17, 15) is 14.0 Å². The molecule has 5 rings (SSSR count). The molecule has 2 atom stereocenters. The van der Waals surface area contributed by atoms with Gasteiger partial charge in [-0.05, 0) is 61.7 Å². The van der Waals surface area contributed by atoms with Crippen LogP contribution < -0.4 is 16.4 Å². The molecule has 2 aromatic carbocycles. The smallest absolute Gasteiger partial charge is 0.274 e. The molecule has 4 N–H and O–H groups in total. The van der Waals surface area contributed by atoms with Gasteiger partial charge in [0.05, 0.1) is 28.1 Å². The van der Waals surface area contributed by atoms with Gasteiger partial charge < -0.3 is 16.4 Å². The highest BCUT2D eigenvalue weighted by Gasteiger charge is 2.25. The number of nitrogens with zero attached hydrogens (tertiary/aromatic N) is 4. The van der Waals surface area contributed by atoms with E-state index in [1.807, 2.05) is 25.1 Å². The summed E-state index contributed by atoms with van der Waals surface area (Å²) < 4.78 is 15.9. The van der Waals surface area contributed by atoms with E-state index in [4.69, 9.17) is 17.3 Å². The fourth-order valence-electron chi connectivity index (χ4n) is 4.68. The van der Waals surface area contributed by atoms with Crippen LogP contribution in [0, 0.1) is 18.7 Å². The van der Waals surface area contributed by atoms with Gasteiger partial charge in [0, 0.05) is 23.4 Å². The highest BCUT2D eigenvalue weighted by molar-refractivity contribution is 6.30. The Kier molecular flexibility index (Phi) is 7.30. The SMILES string of the molecule is Cc1c(C(=O)NC2CCCC(C)C(=O)Nc3cc(N)ccc3-c3ccnc2c3)nnn1-c1cccc(Cl)c1F. The average molecular weight is 548 g/mol. The number of aromatic nitrogens is 4. The number of nitrogens with two attached hydrogens (primary N) is 1. The number of hydrogen-bond acceptors (Lipinski definition) is 6. The first kappa shape index (κ1) is 26.3. The van der Waals surface area contributed by atoms with Crippen molar-refractivity contribution >= 4 is 34.8 Å². The molecule has 9 nitrogen and oxygen atoms in total. The molecule has 0 saturated heterocycles. The summed E-state index contributed by atoms with van der Waals surface area (Å²) in [5.74, 6) is -1.47. The van der Waals surface area contributed by atoms with Crippen LogP contribution in [0.4, 0.5) is 15.8 Å². The lowest BCUT2D eigenvalue weighted by Gasteiger charge is -2.22. The first-order chi connectivity index (χ1) is 18.7. The highest BCUT2D eigenvalue weighted by Crippen LogP contribution is 2.33. The van der Waals surface area contributed by atoms with Crippen molar-refractivity contribution in [1.29, 1.82) is 0 Å². The van der Waals surface area contributed by atoms with Gasteiger partial charge in [-0.2, -0.15) is 0 Å². The van der Waals surface area contributed by atoms with Crippen molar-refractivity contribution in [1.82, 2.24) is 25.3 Å². The third-order valence-corrected chi connectivity index (χ3v) is 7.19. The lowest BCUT2D eigenvalue weighted by atomic mass is 9.95. The number of nitrogen functional groups attached to an aromatic ring is 1. The Bertz CT molecular complexity index is 1570. The van der Waals surface area contributed by atoms with Gasteiger partial charge in [0.1, 0.15) is 5.69 Å². The third-order valence-electron chi connectivity index (χ3n) is 6.90. The van der Waals surface area contributed by atoms with Crippen LogP contribution in [0.3, 0.4) is 0 Å². The highest BCUT2D eigenvalue weighted by atomic mass is 35.5. The zero-order valence-corrected chi connectivity index (χ0v) is 22.2. The van der Waals surface area contributed by atoms with Gasteiger partial charge in [0.15, 0.2) is 11.5 Å². The topological polar surface area (TPSA) is 128 Å². The second-order valence-electron chi connectivity index (χ2n) is 9.63. The third kappa shape index (κ3) is 5.33. The monoisotopic (exact) mass is 547 g/mol. The molecule has 2 aromatic heterocycles. The predicted octanol–water partition coefficient (Wildman–Crippen LogP) is 5.24. The maximum absolute atomic E-state index is 14.6. The number of benzene rings is 2. The van der Waals surface area contributed by atoms with Gasteiger partial charge in [-0.3, -0.25) is 14.6 Å². The van der Waals surface area contributed by atoms with Crippen LogP contribution in [0.2, 0.25) is 5.02 Å². The molecule has 0 radical (unpaired) electrons. The molecule has 3 heterocycles. The molecule has 0 fully saturated rings. The van der Waals surface area contributed by atoms with Crippen LogP contribution in [-0.4, -0.2) is 31.8 Å². The zero-order valence-electron chi connectivity index (χ0n) is 21.4. The molecular weight excluding hydrogens is 521 g/mol. The predicted molar refractivity (Wildman–Crippen MR) is 147 cm³/mol. The molecule has 200 valence electrons. The van der Waals surface area contributed by atoms with Gasteiger partial charge in [-0.25, -0.2) is 9.07 Å². The largest absolute Gasteiger partial charge is 0.399 e. The fraction of sp³-hybridized carbons (Fsp3) is 0.250. The Morgan fingerprint density at radius 1 is 1.21 bits per heavy atom. The van der Waals surface area contributed by atoms with Crippen molar-refractivity contribution in [3.05, 3.63) is 82.6 Å². The molecule has 2 amide bonds. The van der Waals surface area contributed by atoms with Gasteiger partial charge in [0.25, 0.3) is 5.91 Å². The quantitative estimate of drug-likeness (QED) is 0.301. The molecule has 2 unspecified atom stereocenters. The van der Waals surface area contributed by atoms with Crippen molar-refractivity contribution in [2.24, 2.45) is 5.92 Å². The van der Waals surface area contributed by atoms with Crippen molar-refractivity contribution in [3.8, 4) is 16.8 Å². The minimum atomic E-state index is -0.653. The Morgan fingerprint density at radius 3 is 2.85 bits per heavy atom. The summed E-state index contributed by atoms with van der Waals surface area (Å²) in [6, 6.07) is 13.2. The molecule has 0 spiro atoms. The Balaban J connectivity index is 1.49. The van der Waals surface area contributed by atoms with Crippen molar-refractivity contribution < 1.29 is 14.0 Å². The molecule has 2 bridgehead atoms. The van der Waals surface area contributed by atoms with Crippen LogP contribution in [0.1, 0.15) is 54.1 Å². The molecule has 0 saturated carbocycles. The van der Waals surface area contributed by atoms with E-state index in [1.54, 1.807) is 31.3 Å². The molecule has 0 aliphatic carbocycles. The summed E-state index contributed by atoms with van der Waals surface area (Å²) in [5.41, 5.74) is 9.95. The summed E-state index contributed by atoms with van der Waals surface area (Å²) >= 11 is 5.93. The summed E-state index contributed by atoms with van der Waals surface area (Å²) in [5, 5.41) is 14.0. The molecular formula is C28H27ClFN7O2. The van der Waals surface area contributed by atoms with Crippen LogP contribution in [0.15, 0.2) is 54.7 Å². The molecule has 1 aliphatic heterocycles. The van der Waals surface area contributed by atoms with Gasteiger partial charge >= 0.3 is 0 Å². The standard InChI is InChI=1S/C28H27ClFN7O2/c1-15-5-3-7-21(23-13-17(11-12-32-23)19-10-9-18(31)14-22(19)34-27(15)38)33-28(39)26-16(2)37(36-35-26)24-8-4-6-20(29)25(24)30/h4,6,8-15,21H,3,5,7,31H2,1-2H3,(H,33,39)(H,34,38). The second kappa shape index (κ2) is 10.8. The lowest BCUT2D eigenvalue weighted by Crippen LogP contribution is -2.30. The molecule has 1 aliphatic rings. The minimum Gasteiger partial charge on any atom is -0.399 e. The summed E-state index contributed by atoms with van der Waals surface area (Å²) in [4.78, 5) is 30.8. The molecule has 4 aromatic rings. The van der Waals surface area contributed by atoms with E-state index in [-0.39, 0.29) is 28.2 Å². The lowest BCUT2D eigenvalue weighted by molar-refractivity contribution is -0.119. The van der Waals surface area contributed by atoms with Gasteiger partial charge in [-0.1, -0.05) is 42.3 Å². The van der Waals surface area contributed by atoms with Crippen LogP contribution in [0.5, 0.6) is 0 Å². The van der Waals surface area contributed by atoms with Gasteiger partial charge in [0.2, 0.25) is 5.91 Å². The number of pyridine rings is 1. The first-order valence-corrected chi connectivity index (χ1v) is 12.9. The van der Waals surface area contributed by atoms with Crippen LogP contribution >= 0.6 is 11.6 Å². The van der Waals surface area contributed by atoms with Gasteiger partial charge in [-0.15, -0.1) is 5.10 Å². The van der Waals surface area contributed by atoms with E-state index in [2.05, 4.69) is 25.9 Å². The van der Waals surface area contributed by atoms with Crippen molar-refractivity contribution in [2.45, 2.75) is 39.2 Å². The second-order valence-corrected chi connectivity index (χ2v) is 10.0. The fourth-order valence-corrected chi connectivity index (χ4v) is 4.85. The molecule has 11 heteroatoms. The maximum atomic E-state index is 14.6. The van der Waals surface area contributed by atoms with Crippen molar-refractivity contribution in [2.75, 3.05) is 11.1 Å². The van der Waals surface area contributed by atoms with E-state index in [0.29, 0.717) is 42.0 Å². The number of fused-ring (bicyclic) bond motifs is 4. The van der Waals surface area contributed by atoms with E-state index in [1.165, 1.54) is 16.8 Å². The number of rotatable bonds is 3. The maximum Gasteiger partial charge on any atom is 0.274 e. The Morgan fingerprint density at radius 2 is 2.03 bits per heavy atom. The number of carbonyl (C=O) groups is 2. The average Bonchev–Trinajstić information content (AvgIpc) is 3.30. The van der Waals surface area contributed by atoms with Crippen LogP contribution in [0.25, 0.3) is 16.8 Å². The number of carbonyl (C=O) groups excluding carboxylic acids is 2. The summed E-state index contributed by atoms with van der Waals surface area (Å²) in [7, 11) is 0. The van der Waals surface area contributed by atoms with E-state index >= 15 is 0 Å². The summed E-state index contributed by atoms with van der Waals surface area (Å²) in [6.45, 7) is 3.51. The Hall–Kier alpha value is -4.31. The van der Waals surface area contributed by atoms with E-state index in [0.717, 1.165) is 11.1 Å². The normalized spacial score (nSPS) is 17.4. The number of amides is 2.